The van der Waals surface area contributed by atoms with Crippen LogP contribution in [-0.2, 0) is 11.3 Å². The number of hydrogen-bond donors (Lipinski definition) is 1. The molecule has 110 valence electrons. The molecule has 1 amide bonds. The lowest BCUT2D eigenvalue weighted by Gasteiger charge is -2.34. The fraction of sp³-hybridized carbons (Fsp3) is 0.786. The van der Waals surface area contributed by atoms with Gasteiger partial charge in [-0.15, -0.1) is 5.10 Å². The Morgan fingerprint density at radius 1 is 1.20 bits per heavy atom. The van der Waals surface area contributed by atoms with Gasteiger partial charge in [0.25, 0.3) is 0 Å². The van der Waals surface area contributed by atoms with Crippen LogP contribution in [0.15, 0.2) is 12.4 Å². The zero-order chi connectivity index (χ0) is 13.8. The zero-order valence-corrected chi connectivity index (χ0v) is 11.9. The first-order chi connectivity index (χ1) is 9.81. The number of carbonyl (C=O) groups excluding carboxylic acids is 1. The van der Waals surface area contributed by atoms with Crippen LogP contribution in [0.4, 0.5) is 0 Å². The summed E-state index contributed by atoms with van der Waals surface area (Å²) in [5, 5.41) is 11.0. The third-order valence-corrected chi connectivity index (χ3v) is 4.53. The molecule has 1 aliphatic carbocycles. The maximum atomic E-state index is 11.9. The van der Waals surface area contributed by atoms with E-state index in [1.807, 2.05) is 10.9 Å². The Balaban J connectivity index is 1.35. The van der Waals surface area contributed by atoms with Gasteiger partial charge in [0.2, 0.25) is 5.91 Å². The average molecular weight is 277 g/mol. The summed E-state index contributed by atoms with van der Waals surface area (Å²) in [6.45, 7) is 4.01. The second-order valence-electron chi connectivity index (χ2n) is 5.92. The molecule has 1 aliphatic heterocycles. The molecular formula is C14H23N5O. The van der Waals surface area contributed by atoms with Gasteiger partial charge in [0.15, 0.2) is 0 Å². The van der Waals surface area contributed by atoms with E-state index >= 15 is 0 Å². The molecule has 1 aromatic rings. The van der Waals surface area contributed by atoms with Crippen LogP contribution >= 0.6 is 0 Å². The van der Waals surface area contributed by atoms with Crippen molar-refractivity contribution in [2.45, 2.75) is 44.7 Å². The SMILES string of the molecule is O=C(NC1CCN(CCn2ccnn2)CC1)C1CCC1. The predicted molar refractivity (Wildman–Crippen MR) is 75.0 cm³/mol. The van der Waals surface area contributed by atoms with Gasteiger partial charge in [-0.2, -0.15) is 0 Å². The maximum absolute atomic E-state index is 11.9. The van der Waals surface area contributed by atoms with Crippen LogP contribution < -0.4 is 5.32 Å². The first-order valence-corrected chi connectivity index (χ1v) is 7.68. The first kappa shape index (κ1) is 13.5. The number of hydrogen-bond acceptors (Lipinski definition) is 4. The van der Waals surface area contributed by atoms with Gasteiger partial charge in [0.1, 0.15) is 0 Å². The lowest BCUT2D eigenvalue weighted by Crippen LogP contribution is -2.47. The van der Waals surface area contributed by atoms with Gasteiger partial charge >= 0.3 is 0 Å². The van der Waals surface area contributed by atoms with Gasteiger partial charge in [-0.1, -0.05) is 11.6 Å². The van der Waals surface area contributed by atoms with Crippen LogP contribution in [0.3, 0.4) is 0 Å². The van der Waals surface area contributed by atoms with E-state index in [0.29, 0.717) is 12.0 Å². The summed E-state index contributed by atoms with van der Waals surface area (Å²) < 4.78 is 1.87. The number of nitrogens with one attached hydrogen (secondary N) is 1. The smallest absolute Gasteiger partial charge is 0.223 e. The molecular weight excluding hydrogens is 254 g/mol. The van der Waals surface area contributed by atoms with E-state index in [0.717, 1.165) is 51.9 Å². The number of likely N-dealkylation sites (tertiary alicyclic amines) is 1. The molecule has 1 aromatic heterocycles. The number of nitrogens with zero attached hydrogens (tertiary/aromatic N) is 4. The summed E-state index contributed by atoms with van der Waals surface area (Å²) in [7, 11) is 0. The van der Waals surface area contributed by atoms with Crippen molar-refractivity contribution < 1.29 is 4.79 Å². The van der Waals surface area contributed by atoms with E-state index in [2.05, 4.69) is 20.5 Å². The number of rotatable bonds is 5. The van der Waals surface area contributed by atoms with Crippen LogP contribution in [0, 0.1) is 5.92 Å². The Bertz CT molecular complexity index is 421. The molecule has 2 aliphatic rings. The Labute approximate surface area is 119 Å². The fourth-order valence-electron chi connectivity index (χ4n) is 2.89. The standard InChI is InChI=1S/C14H23N5O/c20-14(12-2-1-3-12)16-13-4-7-18(8-5-13)10-11-19-9-6-15-17-19/h6,9,12-13H,1-5,7-8,10-11H2,(H,16,20). The van der Waals surface area contributed by atoms with E-state index in [4.69, 9.17) is 0 Å². The summed E-state index contributed by atoms with van der Waals surface area (Å²) in [6.07, 6.45) is 9.13. The second kappa shape index (κ2) is 6.35. The van der Waals surface area contributed by atoms with Crippen molar-refractivity contribution in [2.75, 3.05) is 19.6 Å². The normalized spacial score (nSPS) is 21.6. The summed E-state index contributed by atoms with van der Waals surface area (Å²) in [4.78, 5) is 14.4. The molecule has 0 bridgehead atoms. The molecule has 2 heterocycles. The van der Waals surface area contributed by atoms with E-state index in [1.54, 1.807) is 6.20 Å². The summed E-state index contributed by atoms with van der Waals surface area (Å²) >= 11 is 0. The Hall–Kier alpha value is -1.43. The van der Waals surface area contributed by atoms with Crippen molar-refractivity contribution in [1.29, 1.82) is 0 Å². The van der Waals surface area contributed by atoms with Gasteiger partial charge in [-0.3, -0.25) is 9.48 Å². The quantitative estimate of drug-likeness (QED) is 0.859. The lowest BCUT2D eigenvalue weighted by atomic mass is 9.84. The van der Waals surface area contributed by atoms with Gasteiger partial charge in [-0.25, -0.2) is 0 Å². The highest BCUT2D eigenvalue weighted by Gasteiger charge is 2.28. The number of amides is 1. The minimum absolute atomic E-state index is 0.289. The Kier molecular flexibility index (Phi) is 4.30. The first-order valence-electron chi connectivity index (χ1n) is 7.68. The molecule has 1 N–H and O–H groups in total. The molecule has 1 saturated heterocycles. The second-order valence-corrected chi connectivity index (χ2v) is 5.92. The highest BCUT2D eigenvalue weighted by Crippen LogP contribution is 2.26. The number of carbonyl (C=O) groups is 1. The highest BCUT2D eigenvalue weighted by molar-refractivity contribution is 5.79. The average Bonchev–Trinajstić information content (AvgIpc) is 2.89. The molecule has 3 rings (SSSR count). The largest absolute Gasteiger partial charge is 0.353 e. The molecule has 1 saturated carbocycles. The zero-order valence-electron chi connectivity index (χ0n) is 11.9. The van der Waals surface area contributed by atoms with Crippen LogP contribution in [-0.4, -0.2) is 51.5 Å². The van der Waals surface area contributed by atoms with Crippen molar-refractivity contribution in [3.8, 4) is 0 Å². The van der Waals surface area contributed by atoms with Gasteiger partial charge in [0.05, 0.1) is 12.7 Å². The molecule has 6 heteroatoms. The van der Waals surface area contributed by atoms with Crippen LogP contribution in [0.2, 0.25) is 0 Å². The Morgan fingerprint density at radius 2 is 2.00 bits per heavy atom. The van der Waals surface area contributed by atoms with E-state index < -0.39 is 0 Å². The topological polar surface area (TPSA) is 63.1 Å². The van der Waals surface area contributed by atoms with Crippen LogP contribution in [0.25, 0.3) is 0 Å². The molecule has 20 heavy (non-hydrogen) atoms. The number of aromatic nitrogens is 3. The van der Waals surface area contributed by atoms with Gasteiger partial charge in [-0.05, 0) is 25.7 Å². The van der Waals surface area contributed by atoms with Crippen molar-refractivity contribution in [1.82, 2.24) is 25.2 Å². The van der Waals surface area contributed by atoms with Crippen LogP contribution in [0.5, 0.6) is 0 Å². The number of piperidine rings is 1. The van der Waals surface area contributed by atoms with Crippen molar-refractivity contribution in [2.24, 2.45) is 5.92 Å². The molecule has 0 radical (unpaired) electrons. The minimum Gasteiger partial charge on any atom is -0.353 e. The monoisotopic (exact) mass is 277 g/mol. The van der Waals surface area contributed by atoms with Crippen molar-refractivity contribution in [3.63, 3.8) is 0 Å². The lowest BCUT2D eigenvalue weighted by molar-refractivity contribution is -0.128. The molecule has 0 spiro atoms. The van der Waals surface area contributed by atoms with Crippen molar-refractivity contribution >= 4 is 5.91 Å². The van der Waals surface area contributed by atoms with E-state index in [9.17, 15) is 4.79 Å². The minimum atomic E-state index is 0.289. The maximum Gasteiger partial charge on any atom is 0.223 e. The third kappa shape index (κ3) is 3.36. The predicted octanol–water partition coefficient (Wildman–Crippen LogP) is 0.659. The molecule has 0 aromatic carbocycles. The van der Waals surface area contributed by atoms with Gasteiger partial charge in [0, 0.05) is 37.8 Å². The molecule has 6 nitrogen and oxygen atoms in total. The van der Waals surface area contributed by atoms with Crippen molar-refractivity contribution in [3.05, 3.63) is 12.4 Å². The molecule has 2 fully saturated rings. The summed E-state index contributed by atoms with van der Waals surface area (Å²) in [5.74, 6) is 0.595. The van der Waals surface area contributed by atoms with Crippen LogP contribution in [0.1, 0.15) is 32.1 Å². The fourth-order valence-corrected chi connectivity index (χ4v) is 2.89. The third-order valence-electron chi connectivity index (χ3n) is 4.53. The van der Waals surface area contributed by atoms with E-state index in [-0.39, 0.29) is 5.91 Å². The molecule has 0 unspecified atom stereocenters. The summed E-state index contributed by atoms with van der Waals surface area (Å²) in [6, 6.07) is 0.380. The summed E-state index contributed by atoms with van der Waals surface area (Å²) in [5.41, 5.74) is 0. The Morgan fingerprint density at radius 3 is 2.60 bits per heavy atom. The van der Waals surface area contributed by atoms with Gasteiger partial charge < -0.3 is 10.2 Å². The highest BCUT2D eigenvalue weighted by atomic mass is 16.2. The van der Waals surface area contributed by atoms with E-state index in [1.165, 1.54) is 6.42 Å². The molecule has 0 atom stereocenters.